The van der Waals surface area contributed by atoms with Crippen molar-refractivity contribution in [1.82, 2.24) is 4.90 Å². The van der Waals surface area contributed by atoms with E-state index in [4.69, 9.17) is 4.74 Å². The number of carbonyl (C=O) groups is 2. The van der Waals surface area contributed by atoms with E-state index in [1.807, 2.05) is 6.92 Å². The van der Waals surface area contributed by atoms with E-state index in [1.54, 1.807) is 24.3 Å². The Kier molecular flexibility index (Phi) is 6.77. The van der Waals surface area contributed by atoms with Crippen molar-refractivity contribution in [2.45, 2.75) is 24.8 Å². The number of ether oxygens (including phenoxy) is 1. The van der Waals surface area contributed by atoms with Crippen LogP contribution in [0.3, 0.4) is 0 Å². The summed E-state index contributed by atoms with van der Waals surface area (Å²) in [4.78, 5) is 27.5. The number of methoxy groups -OCH3 is 1. The van der Waals surface area contributed by atoms with E-state index >= 15 is 0 Å². The van der Waals surface area contributed by atoms with Gasteiger partial charge in [-0.2, -0.15) is 5.26 Å². The third-order valence-corrected chi connectivity index (χ3v) is 8.09. The first-order chi connectivity index (χ1) is 16.7. The summed E-state index contributed by atoms with van der Waals surface area (Å²) in [5, 5.41) is 12.8. The number of benzene rings is 2. The maximum absolute atomic E-state index is 13.2. The fraction of sp³-hybridized carbons (Fsp3) is 0.208. The third kappa shape index (κ3) is 4.99. The average molecular weight is 511 g/mol. The van der Waals surface area contributed by atoms with Crippen LogP contribution in [0.5, 0.6) is 0 Å². The smallest absolute Gasteiger partial charge is 0.409 e. The second-order valence-corrected chi connectivity index (χ2v) is 10.7. The van der Waals surface area contributed by atoms with Gasteiger partial charge in [0.15, 0.2) is 0 Å². The van der Waals surface area contributed by atoms with E-state index in [1.165, 1.54) is 47.6 Å². The highest BCUT2D eigenvalue weighted by Gasteiger charge is 2.28. The molecule has 0 bridgehead atoms. The number of thiophene rings is 1. The minimum absolute atomic E-state index is 0.0752. The summed E-state index contributed by atoms with van der Waals surface area (Å²) in [6.07, 6.45) is 0.00929. The molecule has 3 aromatic rings. The molecular weight excluding hydrogens is 488 g/mol. The first kappa shape index (κ1) is 24.3. The average Bonchev–Trinajstić information content (AvgIpc) is 3.19. The lowest BCUT2D eigenvalue weighted by molar-refractivity contribution is 0.102. The predicted octanol–water partition coefficient (Wildman–Crippen LogP) is 4.11. The molecule has 0 fully saturated rings. The van der Waals surface area contributed by atoms with Crippen molar-refractivity contribution in [3.05, 3.63) is 75.7 Å². The van der Waals surface area contributed by atoms with E-state index in [0.717, 1.165) is 16.0 Å². The molecule has 180 valence electrons. The van der Waals surface area contributed by atoms with Crippen molar-refractivity contribution < 1.29 is 22.7 Å². The summed E-state index contributed by atoms with van der Waals surface area (Å²) < 4.78 is 33.0. The number of carbonyl (C=O) groups excluding carboxylic acids is 2. The van der Waals surface area contributed by atoms with Gasteiger partial charge >= 0.3 is 6.09 Å². The molecule has 2 N–H and O–H groups in total. The van der Waals surface area contributed by atoms with Crippen LogP contribution in [0, 0.1) is 18.3 Å². The van der Waals surface area contributed by atoms with Crippen LogP contribution < -0.4 is 10.0 Å². The van der Waals surface area contributed by atoms with Crippen LogP contribution in [0.1, 0.15) is 31.9 Å². The largest absolute Gasteiger partial charge is 0.453 e. The molecule has 2 aromatic carbocycles. The Morgan fingerprint density at radius 1 is 1.14 bits per heavy atom. The normalized spacial score (nSPS) is 12.9. The number of sulfonamides is 1. The zero-order chi connectivity index (χ0) is 25.2. The number of nitrogens with one attached hydrogen (secondary N) is 2. The fourth-order valence-electron chi connectivity index (χ4n) is 3.76. The lowest BCUT2D eigenvalue weighted by Gasteiger charge is -2.25. The van der Waals surface area contributed by atoms with Crippen LogP contribution in [0.25, 0.3) is 0 Å². The highest BCUT2D eigenvalue weighted by Crippen LogP contribution is 2.37. The van der Waals surface area contributed by atoms with Crippen molar-refractivity contribution in [1.29, 1.82) is 5.26 Å². The monoisotopic (exact) mass is 510 g/mol. The number of fused-ring (bicyclic) bond motifs is 1. The van der Waals surface area contributed by atoms with E-state index in [2.05, 4.69) is 16.1 Å². The van der Waals surface area contributed by atoms with Crippen molar-refractivity contribution in [2.24, 2.45) is 0 Å². The maximum atomic E-state index is 13.2. The molecule has 11 heteroatoms. The van der Waals surface area contributed by atoms with Crippen LogP contribution in [0.2, 0.25) is 0 Å². The molecule has 1 aromatic heterocycles. The molecular formula is C24H22N4O5S2. The van der Waals surface area contributed by atoms with Crippen LogP contribution >= 0.6 is 11.3 Å². The van der Waals surface area contributed by atoms with Gasteiger partial charge in [-0.15, -0.1) is 11.3 Å². The highest BCUT2D eigenvalue weighted by atomic mass is 32.2. The molecule has 0 spiro atoms. The Morgan fingerprint density at radius 2 is 1.86 bits per heavy atom. The Balaban J connectivity index is 1.59. The van der Waals surface area contributed by atoms with Gasteiger partial charge in [-0.1, -0.05) is 29.8 Å². The Bertz CT molecular complexity index is 1440. The standard InChI is InChI=1S/C24H22N4O5S2/c1-15-7-9-16(10-8-15)35(31,32)27-20-6-4-3-5-18(20)22(29)26-23-19(13-25)17-11-12-28(24(30)33-2)14-21(17)34-23/h3-10,27H,11-12,14H2,1-2H3,(H,26,29). The molecule has 1 aliphatic rings. The first-order valence-electron chi connectivity index (χ1n) is 10.6. The summed E-state index contributed by atoms with van der Waals surface area (Å²) in [6, 6.07) is 14.8. The molecule has 35 heavy (non-hydrogen) atoms. The topological polar surface area (TPSA) is 129 Å². The zero-order valence-electron chi connectivity index (χ0n) is 19.0. The van der Waals surface area contributed by atoms with Gasteiger partial charge in [0.05, 0.1) is 35.4 Å². The Labute approximate surface area is 207 Å². The number of nitrogens with zero attached hydrogens (tertiary/aromatic N) is 2. The summed E-state index contributed by atoms with van der Waals surface area (Å²) in [5.74, 6) is -0.563. The Hall–Kier alpha value is -3.88. The molecule has 0 unspecified atom stereocenters. The van der Waals surface area contributed by atoms with Crippen molar-refractivity contribution in [2.75, 3.05) is 23.7 Å². The molecule has 9 nitrogen and oxygen atoms in total. The number of aryl methyl sites for hydroxylation is 1. The number of rotatable bonds is 5. The first-order valence-corrected chi connectivity index (χ1v) is 12.9. The van der Waals surface area contributed by atoms with Gasteiger partial charge in [-0.3, -0.25) is 9.52 Å². The molecule has 0 atom stereocenters. The summed E-state index contributed by atoms with van der Waals surface area (Å²) >= 11 is 1.22. The Morgan fingerprint density at radius 3 is 2.54 bits per heavy atom. The van der Waals surface area contributed by atoms with Crippen molar-refractivity contribution in [3.8, 4) is 6.07 Å². The molecule has 0 aliphatic carbocycles. The lowest BCUT2D eigenvalue weighted by Crippen LogP contribution is -2.35. The van der Waals surface area contributed by atoms with Gasteiger partial charge in [0, 0.05) is 11.4 Å². The molecule has 0 saturated heterocycles. The van der Waals surface area contributed by atoms with Crippen LogP contribution in [-0.2, 0) is 27.7 Å². The number of anilines is 2. The van der Waals surface area contributed by atoms with E-state index in [0.29, 0.717) is 23.5 Å². The summed E-state index contributed by atoms with van der Waals surface area (Å²) in [7, 11) is -2.61. The van der Waals surface area contributed by atoms with Crippen molar-refractivity contribution >= 4 is 44.0 Å². The van der Waals surface area contributed by atoms with Crippen LogP contribution in [0.15, 0.2) is 53.4 Å². The molecule has 4 rings (SSSR count). The molecule has 1 aliphatic heterocycles. The summed E-state index contributed by atoms with van der Waals surface area (Å²) in [5.41, 5.74) is 2.28. The van der Waals surface area contributed by atoms with Crippen LogP contribution in [-0.4, -0.2) is 39.0 Å². The molecule has 0 saturated carbocycles. The summed E-state index contributed by atoms with van der Waals surface area (Å²) in [6.45, 7) is 2.54. The van der Waals surface area contributed by atoms with E-state index in [9.17, 15) is 23.3 Å². The second-order valence-electron chi connectivity index (χ2n) is 7.88. The van der Waals surface area contributed by atoms with E-state index in [-0.39, 0.29) is 22.7 Å². The highest BCUT2D eigenvalue weighted by molar-refractivity contribution is 7.92. The van der Waals surface area contributed by atoms with Gasteiger partial charge in [-0.05, 0) is 43.2 Å². The predicted molar refractivity (Wildman–Crippen MR) is 132 cm³/mol. The van der Waals surface area contributed by atoms with E-state index < -0.39 is 22.0 Å². The minimum Gasteiger partial charge on any atom is -0.453 e. The number of para-hydroxylation sites is 1. The minimum atomic E-state index is -3.92. The van der Waals surface area contributed by atoms with Gasteiger partial charge < -0.3 is 15.0 Å². The zero-order valence-corrected chi connectivity index (χ0v) is 20.6. The SMILES string of the molecule is COC(=O)N1CCc2c(sc(NC(=O)c3ccccc3NS(=O)(=O)c3ccc(C)cc3)c2C#N)C1. The molecule has 0 radical (unpaired) electrons. The number of amides is 2. The van der Waals surface area contributed by atoms with Gasteiger partial charge in [0.25, 0.3) is 15.9 Å². The molecule has 2 heterocycles. The van der Waals surface area contributed by atoms with Gasteiger partial charge in [-0.25, -0.2) is 13.2 Å². The number of hydrogen-bond donors (Lipinski definition) is 2. The third-order valence-electron chi connectivity index (χ3n) is 5.58. The lowest BCUT2D eigenvalue weighted by atomic mass is 10.0. The number of hydrogen-bond acceptors (Lipinski definition) is 7. The second kappa shape index (κ2) is 9.77. The van der Waals surface area contributed by atoms with Gasteiger partial charge in [0.2, 0.25) is 0 Å². The van der Waals surface area contributed by atoms with Gasteiger partial charge in [0.1, 0.15) is 11.1 Å². The fourth-order valence-corrected chi connectivity index (χ4v) is 6.04. The van der Waals surface area contributed by atoms with Crippen molar-refractivity contribution in [3.63, 3.8) is 0 Å². The number of nitriles is 1. The maximum Gasteiger partial charge on any atom is 0.409 e. The quantitative estimate of drug-likeness (QED) is 0.532. The van der Waals surface area contributed by atoms with Crippen LogP contribution in [0.4, 0.5) is 15.5 Å². The molecule has 2 amide bonds.